The van der Waals surface area contributed by atoms with Crippen LogP contribution >= 0.6 is 0 Å². The molecule has 0 aliphatic rings. The van der Waals surface area contributed by atoms with E-state index in [1.807, 2.05) is 6.92 Å². The fourth-order valence-electron chi connectivity index (χ4n) is 2.15. The van der Waals surface area contributed by atoms with Gasteiger partial charge in [-0.25, -0.2) is 18.7 Å². The third-order valence-corrected chi connectivity index (χ3v) is 3.27. The first-order chi connectivity index (χ1) is 11.0. The molecular weight excluding hydrogens is 305 g/mol. The topological polar surface area (TPSA) is 110 Å². The number of nitroso groups, excluding NO2 is 1. The summed E-state index contributed by atoms with van der Waals surface area (Å²) in [5, 5.41) is 15.9. The molecule has 2 heterocycles. The number of benzene rings is 1. The molecule has 1 aromatic carbocycles. The predicted octanol–water partition coefficient (Wildman–Crippen LogP) is 2.59. The van der Waals surface area contributed by atoms with Gasteiger partial charge in [0, 0.05) is 11.8 Å². The normalized spacial score (nSPS) is 10.9. The molecule has 0 bridgehead atoms. The molecule has 116 valence electrons. The van der Waals surface area contributed by atoms with Crippen molar-refractivity contribution in [2.45, 2.75) is 13.3 Å². The van der Waals surface area contributed by atoms with Gasteiger partial charge in [-0.3, -0.25) is 0 Å². The van der Waals surface area contributed by atoms with E-state index in [2.05, 4.69) is 20.2 Å². The van der Waals surface area contributed by atoms with Crippen molar-refractivity contribution in [2.75, 3.05) is 0 Å². The number of fused-ring (bicyclic) bond motifs is 1. The Morgan fingerprint density at radius 3 is 2.74 bits per heavy atom. The number of aromatic carboxylic acids is 1. The van der Waals surface area contributed by atoms with Gasteiger partial charge in [0.15, 0.2) is 11.5 Å². The van der Waals surface area contributed by atoms with Crippen LogP contribution in [-0.4, -0.2) is 30.7 Å². The molecule has 0 amide bonds. The van der Waals surface area contributed by atoms with Crippen LogP contribution in [0.4, 0.5) is 10.1 Å². The van der Waals surface area contributed by atoms with E-state index in [4.69, 9.17) is 5.11 Å². The fourth-order valence-corrected chi connectivity index (χ4v) is 2.15. The van der Waals surface area contributed by atoms with E-state index < -0.39 is 11.8 Å². The minimum Gasteiger partial charge on any atom is -0.477 e. The first-order valence-electron chi connectivity index (χ1n) is 6.66. The summed E-state index contributed by atoms with van der Waals surface area (Å²) in [4.78, 5) is 29.5. The van der Waals surface area contributed by atoms with E-state index in [1.165, 1.54) is 22.7 Å². The Morgan fingerprint density at radius 1 is 1.35 bits per heavy atom. The molecule has 9 heteroatoms. The van der Waals surface area contributed by atoms with Gasteiger partial charge < -0.3 is 5.11 Å². The Kier molecular flexibility index (Phi) is 3.53. The quantitative estimate of drug-likeness (QED) is 0.741. The molecule has 3 aromatic rings. The SMILES string of the molecule is CCc1cc(C(=O)O)nc2nc(-c3ccc(N=O)cc3F)nn12. The maximum absolute atomic E-state index is 14.0. The number of aryl methyl sites for hydroxylation is 1. The third kappa shape index (κ3) is 2.52. The summed E-state index contributed by atoms with van der Waals surface area (Å²) in [6, 6.07) is 5.05. The van der Waals surface area contributed by atoms with Gasteiger partial charge in [-0.2, -0.15) is 4.98 Å². The van der Waals surface area contributed by atoms with Crippen molar-refractivity contribution < 1.29 is 14.3 Å². The molecule has 1 N–H and O–H groups in total. The summed E-state index contributed by atoms with van der Waals surface area (Å²) >= 11 is 0. The summed E-state index contributed by atoms with van der Waals surface area (Å²) in [6.07, 6.45) is 0.499. The Hall–Kier alpha value is -3.23. The molecule has 0 aliphatic heterocycles. The maximum atomic E-state index is 14.0. The molecule has 0 unspecified atom stereocenters. The van der Waals surface area contributed by atoms with E-state index >= 15 is 0 Å². The van der Waals surface area contributed by atoms with Crippen molar-refractivity contribution in [2.24, 2.45) is 5.18 Å². The number of rotatable bonds is 4. The largest absolute Gasteiger partial charge is 0.477 e. The number of hydrogen-bond acceptors (Lipinski definition) is 6. The second kappa shape index (κ2) is 5.52. The summed E-state index contributed by atoms with van der Waals surface area (Å²) in [7, 11) is 0. The highest BCUT2D eigenvalue weighted by Crippen LogP contribution is 2.24. The number of carbonyl (C=O) groups is 1. The zero-order valence-corrected chi connectivity index (χ0v) is 11.9. The van der Waals surface area contributed by atoms with Gasteiger partial charge in [0.05, 0.1) is 5.56 Å². The zero-order valence-electron chi connectivity index (χ0n) is 11.9. The van der Waals surface area contributed by atoms with E-state index in [-0.39, 0.29) is 28.5 Å². The van der Waals surface area contributed by atoms with E-state index in [0.717, 1.165) is 6.07 Å². The molecule has 3 rings (SSSR count). The van der Waals surface area contributed by atoms with Crippen molar-refractivity contribution in [3.05, 3.63) is 46.4 Å². The van der Waals surface area contributed by atoms with Crippen molar-refractivity contribution in [1.29, 1.82) is 0 Å². The first kappa shape index (κ1) is 14.7. The van der Waals surface area contributed by atoms with Gasteiger partial charge in [-0.05, 0) is 29.8 Å². The molecule has 0 aliphatic carbocycles. The van der Waals surface area contributed by atoms with Crippen LogP contribution in [0.15, 0.2) is 29.4 Å². The summed E-state index contributed by atoms with van der Waals surface area (Å²) in [6.45, 7) is 1.83. The molecule has 2 aromatic heterocycles. The lowest BCUT2D eigenvalue weighted by Gasteiger charge is -2.01. The number of halogens is 1. The molecule has 0 atom stereocenters. The van der Waals surface area contributed by atoms with E-state index in [9.17, 15) is 14.1 Å². The average molecular weight is 315 g/mol. The van der Waals surface area contributed by atoms with Crippen LogP contribution in [0.2, 0.25) is 0 Å². The second-order valence-corrected chi connectivity index (χ2v) is 4.69. The van der Waals surface area contributed by atoms with Crippen LogP contribution in [-0.2, 0) is 6.42 Å². The number of nitrogens with zero attached hydrogens (tertiary/aromatic N) is 5. The number of aromatic nitrogens is 4. The van der Waals surface area contributed by atoms with Crippen LogP contribution in [0.25, 0.3) is 17.2 Å². The molecule has 0 saturated heterocycles. The molecule has 0 spiro atoms. The second-order valence-electron chi connectivity index (χ2n) is 4.69. The van der Waals surface area contributed by atoms with Gasteiger partial charge in [0.2, 0.25) is 0 Å². The third-order valence-electron chi connectivity index (χ3n) is 3.27. The van der Waals surface area contributed by atoms with Crippen molar-refractivity contribution in [1.82, 2.24) is 19.6 Å². The Bertz CT molecular complexity index is 938. The van der Waals surface area contributed by atoms with E-state index in [1.54, 1.807) is 0 Å². The van der Waals surface area contributed by atoms with Crippen molar-refractivity contribution in [3.8, 4) is 11.4 Å². The van der Waals surface area contributed by atoms with Gasteiger partial charge in [-0.1, -0.05) is 6.92 Å². The van der Waals surface area contributed by atoms with Crippen molar-refractivity contribution in [3.63, 3.8) is 0 Å². The lowest BCUT2D eigenvalue weighted by molar-refractivity contribution is 0.0690. The summed E-state index contributed by atoms with van der Waals surface area (Å²) < 4.78 is 15.4. The maximum Gasteiger partial charge on any atom is 0.354 e. The number of carboxylic acid groups (broad SMARTS) is 1. The van der Waals surface area contributed by atoms with Crippen LogP contribution in [0.1, 0.15) is 23.1 Å². The standard InChI is InChI=1S/C14H10FN5O3/c1-2-8-6-11(13(21)22)16-14-17-12(18-20(8)14)9-4-3-7(19-23)5-10(9)15/h3-6H,2H2,1H3,(H,21,22). The van der Waals surface area contributed by atoms with Crippen molar-refractivity contribution >= 4 is 17.4 Å². The van der Waals surface area contributed by atoms with Crippen LogP contribution in [0.5, 0.6) is 0 Å². The Balaban J connectivity index is 2.20. The summed E-state index contributed by atoms with van der Waals surface area (Å²) in [5.74, 6) is -1.77. The smallest absolute Gasteiger partial charge is 0.354 e. The van der Waals surface area contributed by atoms with E-state index in [0.29, 0.717) is 12.1 Å². The van der Waals surface area contributed by atoms with Crippen LogP contribution < -0.4 is 0 Å². The minimum absolute atomic E-state index is 0.0458. The lowest BCUT2D eigenvalue weighted by Crippen LogP contribution is -2.07. The zero-order chi connectivity index (χ0) is 16.6. The van der Waals surface area contributed by atoms with Gasteiger partial charge in [0.1, 0.15) is 11.5 Å². The van der Waals surface area contributed by atoms with Gasteiger partial charge in [-0.15, -0.1) is 10.0 Å². The van der Waals surface area contributed by atoms with Gasteiger partial charge in [0.25, 0.3) is 5.78 Å². The lowest BCUT2D eigenvalue weighted by atomic mass is 10.2. The molecule has 0 fully saturated rings. The Labute approximate surface area is 128 Å². The minimum atomic E-state index is -1.18. The first-order valence-corrected chi connectivity index (χ1v) is 6.66. The number of hydrogen-bond donors (Lipinski definition) is 1. The molecule has 23 heavy (non-hydrogen) atoms. The molecular formula is C14H10FN5O3. The van der Waals surface area contributed by atoms with Crippen LogP contribution in [0.3, 0.4) is 0 Å². The molecule has 0 saturated carbocycles. The monoisotopic (exact) mass is 315 g/mol. The molecule has 0 radical (unpaired) electrons. The average Bonchev–Trinajstić information content (AvgIpc) is 2.97. The van der Waals surface area contributed by atoms with Gasteiger partial charge >= 0.3 is 5.97 Å². The fraction of sp³-hybridized carbons (Fsp3) is 0.143. The summed E-state index contributed by atoms with van der Waals surface area (Å²) in [5.41, 5.74) is 0.449. The molecule has 8 nitrogen and oxygen atoms in total. The predicted molar refractivity (Wildman–Crippen MR) is 78.0 cm³/mol. The highest BCUT2D eigenvalue weighted by molar-refractivity contribution is 5.86. The van der Waals surface area contributed by atoms with Crippen LogP contribution in [0, 0.1) is 10.7 Å². The number of carboxylic acids is 1. The highest BCUT2D eigenvalue weighted by Gasteiger charge is 2.17. The highest BCUT2D eigenvalue weighted by atomic mass is 19.1. The Morgan fingerprint density at radius 2 is 2.13 bits per heavy atom.